The normalized spacial score (nSPS) is 10.6. The third-order valence-corrected chi connectivity index (χ3v) is 5.21. The van der Waals surface area contributed by atoms with E-state index in [0.29, 0.717) is 17.0 Å². The molecular weight excluding hydrogens is 624 g/mol. The van der Waals surface area contributed by atoms with Crippen LogP contribution in [0.15, 0.2) is 46.4 Å². The van der Waals surface area contributed by atoms with E-state index in [9.17, 15) is 10.1 Å². The van der Waals surface area contributed by atoms with Gasteiger partial charge in [0.1, 0.15) is 23.5 Å². The van der Waals surface area contributed by atoms with Crippen molar-refractivity contribution in [1.29, 1.82) is 10.5 Å². The van der Waals surface area contributed by atoms with Crippen molar-refractivity contribution in [2.24, 2.45) is 0 Å². The van der Waals surface area contributed by atoms with Gasteiger partial charge in [-0.25, -0.2) is 0 Å². The number of nitrogens with one attached hydrogen (secondary N) is 1. The van der Waals surface area contributed by atoms with Gasteiger partial charge in [0.05, 0.1) is 7.14 Å². The Bertz CT molecular complexity index is 921. The number of carbonyl (C=O) groups excluding carboxylic acids is 1. The van der Waals surface area contributed by atoms with Crippen molar-refractivity contribution in [2.75, 3.05) is 11.9 Å². The average Bonchev–Trinajstić information content (AvgIpc) is 2.61. The van der Waals surface area contributed by atoms with Crippen LogP contribution >= 0.6 is 61.1 Å². The van der Waals surface area contributed by atoms with E-state index in [0.717, 1.165) is 11.6 Å². The van der Waals surface area contributed by atoms with Gasteiger partial charge >= 0.3 is 0 Å². The summed E-state index contributed by atoms with van der Waals surface area (Å²) in [6, 6.07) is 14.5. The van der Waals surface area contributed by atoms with Crippen molar-refractivity contribution in [2.45, 2.75) is 0 Å². The van der Waals surface area contributed by atoms with Crippen molar-refractivity contribution in [3.63, 3.8) is 0 Å². The largest absolute Gasteiger partial charge is 0.477 e. The number of nitrogens with zero attached hydrogens (tertiary/aromatic N) is 2. The zero-order valence-corrected chi connectivity index (χ0v) is 19.0. The Morgan fingerprint density at radius 2 is 1.81 bits per heavy atom. The van der Waals surface area contributed by atoms with Gasteiger partial charge in [-0.1, -0.05) is 15.9 Å². The molecule has 2 aromatic rings. The number of ether oxygens (including phenoxy) is 1. The maximum Gasteiger partial charge on any atom is 0.266 e. The van der Waals surface area contributed by atoms with Crippen molar-refractivity contribution in [1.82, 2.24) is 0 Å². The molecule has 0 radical (unpaired) electrons. The molecule has 0 bridgehead atoms. The molecule has 0 atom stereocenters. The summed E-state index contributed by atoms with van der Waals surface area (Å²) in [6.45, 7) is -0.0414. The van der Waals surface area contributed by atoms with Crippen molar-refractivity contribution in [3.8, 4) is 17.9 Å². The predicted octanol–water partition coefficient (Wildman–Crippen LogP) is 5.11. The van der Waals surface area contributed by atoms with E-state index in [1.807, 2.05) is 12.1 Å². The van der Waals surface area contributed by atoms with Crippen LogP contribution in [0.2, 0.25) is 0 Å². The number of amides is 1. The van der Waals surface area contributed by atoms with Gasteiger partial charge in [-0.15, -0.1) is 0 Å². The molecule has 0 aromatic heterocycles. The van der Waals surface area contributed by atoms with Crippen LogP contribution in [-0.4, -0.2) is 12.5 Å². The minimum Gasteiger partial charge on any atom is -0.477 e. The van der Waals surface area contributed by atoms with Crippen LogP contribution < -0.4 is 10.1 Å². The highest BCUT2D eigenvalue weighted by atomic mass is 127. The first-order valence-electron chi connectivity index (χ1n) is 7.12. The Morgan fingerprint density at radius 3 is 2.35 bits per heavy atom. The Balaban J connectivity index is 2.25. The Morgan fingerprint density at radius 1 is 1.19 bits per heavy atom. The molecule has 5 nitrogen and oxygen atoms in total. The van der Waals surface area contributed by atoms with Crippen LogP contribution in [-0.2, 0) is 4.79 Å². The fraction of sp³-hybridized carbons (Fsp3) is 0.0556. The van der Waals surface area contributed by atoms with Crippen molar-refractivity contribution < 1.29 is 9.53 Å². The fourth-order valence-corrected chi connectivity index (χ4v) is 4.34. The zero-order chi connectivity index (χ0) is 19.1. The van der Waals surface area contributed by atoms with Crippen LogP contribution in [0.4, 0.5) is 5.69 Å². The molecule has 0 unspecified atom stereocenters. The summed E-state index contributed by atoms with van der Waals surface area (Å²) in [6.07, 6.45) is 1.52. The maximum absolute atomic E-state index is 12.3. The van der Waals surface area contributed by atoms with E-state index in [-0.39, 0.29) is 12.2 Å². The van der Waals surface area contributed by atoms with Crippen LogP contribution in [0.25, 0.3) is 6.08 Å². The molecule has 130 valence electrons. The summed E-state index contributed by atoms with van der Waals surface area (Å²) >= 11 is 7.51. The van der Waals surface area contributed by atoms with Crippen LogP contribution in [0.5, 0.6) is 5.75 Å². The maximum atomic E-state index is 12.3. The SMILES string of the molecule is N#CCOc1c(I)cc(/C=C(/C#N)C(=O)Nc2ccc(Br)cc2)cc1I. The van der Waals surface area contributed by atoms with Crippen LogP contribution in [0.1, 0.15) is 5.56 Å². The molecule has 1 N–H and O–H groups in total. The van der Waals surface area contributed by atoms with Gasteiger partial charge in [0, 0.05) is 10.2 Å². The number of anilines is 1. The van der Waals surface area contributed by atoms with Crippen molar-refractivity contribution in [3.05, 3.63) is 59.1 Å². The van der Waals surface area contributed by atoms with Gasteiger partial charge in [-0.05, 0) is 93.2 Å². The Kier molecular flexibility index (Phi) is 7.87. The molecule has 2 aromatic carbocycles. The first-order valence-corrected chi connectivity index (χ1v) is 10.1. The molecule has 0 aliphatic heterocycles. The molecule has 0 heterocycles. The van der Waals surface area contributed by atoms with Gasteiger partial charge in [-0.2, -0.15) is 10.5 Å². The molecule has 8 heteroatoms. The van der Waals surface area contributed by atoms with E-state index in [1.165, 1.54) is 6.08 Å². The molecule has 0 aliphatic carbocycles. The number of halogens is 3. The van der Waals surface area contributed by atoms with Gasteiger partial charge in [0.25, 0.3) is 5.91 Å². The lowest BCUT2D eigenvalue weighted by molar-refractivity contribution is -0.112. The molecule has 1 amide bonds. The standard InChI is InChI=1S/C18H10BrI2N3O2/c19-13-1-3-14(4-2-13)24-18(25)12(10-23)7-11-8-15(20)17(16(21)9-11)26-6-5-22/h1-4,7-9H,6H2,(H,24,25)/b12-7-. The van der Waals surface area contributed by atoms with Crippen LogP contribution in [0, 0.1) is 29.8 Å². The first kappa shape index (κ1) is 20.7. The summed E-state index contributed by atoms with van der Waals surface area (Å²) in [5.74, 6) is 0.132. The lowest BCUT2D eigenvalue weighted by atomic mass is 10.1. The minimum absolute atomic E-state index is 0.00906. The first-order chi connectivity index (χ1) is 12.4. The number of hydrogen-bond acceptors (Lipinski definition) is 4. The van der Waals surface area contributed by atoms with Gasteiger partial charge in [0.15, 0.2) is 6.61 Å². The quantitative estimate of drug-likeness (QED) is 0.282. The molecule has 0 saturated carbocycles. The second kappa shape index (κ2) is 9.90. The second-order valence-electron chi connectivity index (χ2n) is 4.89. The van der Waals surface area contributed by atoms with Crippen LogP contribution in [0.3, 0.4) is 0 Å². The molecular formula is C18H10BrI2N3O2. The fourth-order valence-electron chi connectivity index (χ4n) is 1.95. The summed E-state index contributed by atoms with van der Waals surface area (Å²) in [4.78, 5) is 12.3. The van der Waals surface area contributed by atoms with Gasteiger partial charge in [-0.3, -0.25) is 4.79 Å². The van der Waals surface area contributed by atoms with E-state index in [1.54, 1.807) is 36.4 Å². The molecule has 26 heavy (non-hydrogen) atoms. The highest BCUT2D eigenvalue weighted by Gasteiger charge is 2.12. The number of carbonyl (C=O) groups is 1. The average molecular weight is 634 g/mol. The van der Waals surface area contributed by atoms with E-state index < -0.39 is 5.91 Å². The smallest absolute Gasteiger partial charge is 0.266 e. The molecule has 0 aliphatic rings. The lowest BCUT2D eigenvalue weighted by Crippen LogP contribution is -2.13. The number of rotatable bonds is 5. The van der Waals surface area contributed by atoms with E-state index in [2.05, 4.69) is 66.4 Å². The monoisotopic (exact) mass is 633 g/mol. The Hall–Kier alpha value is -1.63. The molecule has 0 fully saturated rings. The molecule has 2 rings (SSSR count). The molecule has 0 saturated heterocycles. The number of nitriles is 2. The molecule has 0 spiro atoms. The third-order valence-electron chi connectivity index (χ3n) is 3.08. The lowest BCUT2D eigenvalue weighted by Gasteiger charge is -2.09. The Labute approximate surface area is 186 Å². The zero-order valence-electron chi connectivity index (χ0n) is 13.1. The number of benzene rings is 2. The second-order valence-corrected chi connectivity index (χ2v) is 8.13. The summed E-state index contributed by atoms with van der Waals surface area (Å²) in [7, 11) is 0. The van der Waals surface area contributed by atoms with Gasteiger partial charge < -0.3 is 10.1 Å². The van der Waals surface area contributed by atoms with Gasteiger partial charge in [0.2, 0.25) is 0 Å². The van der Waals surface area contributed by atoms with E-state index >= 15 is 0 Å². The third kappa shape index (κ3) is 5.69. The summed E-state index contributed by atoms with van der Waals surface area (Å²) < 4.78 is 7.88. The van der Waals surface area contributed by atoms with Crippen molar-refractivity contribution >= 4 is 78.8 Å². The minimum atomic E-state index is -0.482. The number of hydrogen-bond donors (Lipinski definition) is 1. The predicted molar refractivity (Wildman–Crippen MR) is 119 cm³/mol. The summed E-state index contributed by atoms with van der Waals surface area (Å²) in [5.41, 5.74) is 1.29. The topological polar surface area (TPSA) is 85.9 Å². The summed E-state index contributed by atoms with van der Waals surface area (Å²) in [5, 5.41) is 20.7. The highest BCUT2D eigenvalue weighted by Crippen LogP contribution is 2.30. The van der Waals surface area contributed by atoms with E-state index in [4.69, 9.17) is 10.00 Å². The highest BCUT2D eigenvalue weighted by molar-refractivity contribution is 14.1.